The van der Waals surface area contributed by atoms with E-state index in [1.807, 2.05) is 13.8 Å². The minimum atomic E-state index is -0.120. The molecule has 0 bridgehead atoms. The number of rotatable bonds is 5. The number of nitrogens with one attached hydrogen (secondary N) is 1. The maximum atomic E-state index is 12.1. The fourth-order valence-corrected chi connectivity index (χ4v) is 2.84. The van der Waals surface area contributed by atoms with Gasteiger partial charge in [-0.2, -0.15) is 0 Å². The number of nitrogens with two attached hydrogens (primary N) is 1. The van der Waals surface area contributed by atoms with Crippen LogP contribution < -0.4 is 11.1 Å². The van der Waals surface area contributed by atoms with E-state index in [1.165, 1.54) is 11.1 Å². The zero-order valence-corrected chi connectivity index (χ0v) is 14.0. The van der Waals surface area contributed by atoms with E-state index in [2.05, 4.69) is 41.4 Å². The summed E-state index contributed by atoms with van der Waals surface area (Å²) in [6.07, 6.45) is 2.03. The van der Waals surface area contributed by atoms with Crippen LogP contribution in [0.4, 0.5) is 0 Å². The van der Waals surface area contributed by atoms with Crippen LogP contribution in [0.1, 0.15) is 37.8 Å². The van der Waals surface area contributed by atoms with Gasteiger partial charge in [0.05, 0.1) is 0 Å². The minimum Gasteiger partial charge on any atom is -0.353 e. The average Bonchev–Trinajstić information content (AvgIpc) is 2.50. The molecule has 0 aromatic heterocycles. The minimum absolute atomic E-state index is 0.0901. The fourth-order valence-electron chi connectivity index (χ4n) is 2.84. The molecule has 0 spiro atoms. The first-order valence-electron chi connectivity index (χ1n) is 8.30. The molecular formula is C18H29N3O. The molecule has 4 heteroatoms. The number of piperidine rings is 1. The normalized spacial score (nSPS) is 19.6. The van der Waals surface area contributed by atoms with Crippen molar-refractivity contribution < 1.29 is 4.79 Å². The quantitative estimate of drug-likeness (QED) is 0.875. The Labute approximate surface area is 134 Å². The van der Waals surface area contributed by atoms with Gasteiger partial charge in [-0.25, -0.2) is 0 Å². The summed E-state index contributed by atoms with van der Waals surface area (Å²) >= 11 is 0. The highest BCUT2D eigenvalue weighted by Crippen LogP contribution is 2.16. The second kappa shape index (κ2) is 7.75. The van der Waals surface area contributed by atoms with E-state index in [9.17, 15) is 4.79 Å². The monoisotopic (exact) mass is 303 g/mol. The van der Waals surface area contributed by atoms with Gasteiger partial charge in [0.25, 0.3) is 0 Å². The predicted octanol–water partition coefficient (Wildman–Crippen LogP) is 2.06. The maximum Gasteiger partial charge on any atom is 0.224 e. The molecule has 4 nitrogen and oxygen atoms in total. The second-order valence-electron chi connectivity index (χ2n) is 6.63. The van der Waals surface area contributed by atoms with Crippen LogP contribution in [0.15, 0.2) is 24.3 Å². The van der Waals surface area contributed by atoms with Gasteiger partial charge >= 0.3 is 0 Å². The summed E-state index contributed by atoms with van der Waals surface area (Å²) in [4.78, 5) is 14.5. The molecule has 1 fully saturated rings. The summed E-state index contributed by atoms with van der Waals surface area (Å²) in [7, 11) is 0. The molecule has 2 rings (SSSR count). The van der Waals surface area contributed by atoms with Crippen molar-refractivity contribution in [3.05, 3.63) is 35.4 Å². The highest BCUT2D eigenvalue weighted by molar-refractivity contribution is 5.79. The Balaban J connectivity index is 1.79. The largest absolute Gasteiger partial charge is 0.353 e. The van der Waals surface area contributed by atoms with E-state index >= 15 is 0 Å². The van der Waals surface area contributed by atoms with Crippen molar-refractivity contribution in [2.45, 2.75) is 52.2 Å². The summed E-state index contributed by atoms with van der Waals surface area (Å²) in [5.41, 5.74) is 8.54. The van der Waals surface area contributed by atoms with E-state index in [4.69, 9.17) is 5.73 Å². The van der Waals surface area contributed by atoms with Crippen LogP contribution in [0.5, 0.6) is 0 Å². The van der Waals surface area contributed by atoms with Gasteiger partial charge in [0.2, 0.25) is 5.91 Å². The Hall–Kier alpha value is -1.39. The molecular weight excluding hydrogens is 274 g/mol. The van der Waals surface area contributed by atoms with Crippen LogP contribution in [0, 0.1) is 12.8 Å². The highest BCUT2D eigenvalue weighted by Gasteiger charge is 2.24. The van der Waals surface area contributed by atoms with Crippen LogP contribution in [0.25, 0.3) is 0 Å². The maximum absolute atomic E-state index is 12.1. The van der Waals surface area contributed by atoms with Gasteiger partial charge < -0.3 is 11.1 Å². The molecule has 22 heavy (non-hydrogen) atoms. The Bertz CT molecular complexity index is 493. The van der Waals surface area contributed by atoms with Gasteiger partial charge in [0.15, 0.2) is 0 Å². The van der Waals surface area contributed by atoms with E-state index in [0.717, 1.165) is 32.5 Å². The number of aryl methyl sites for hydroxylation is 1. The number of amides is 1. The third-order valence-electron chi connectivity index (χ3n) is 4.79. The van der Waals surface area contributed by atoms with Crippen LogP contribution in [-0.2, 0) is 11.3 Å². The SMILES string of the molecule is Cc1ccccc1CN1CCC(NC(=O)C(C)C(C)N)CC1. The first kappa shape index (κ1) is 17.0. The first-order valence-corrected chi connectivity index (χ1v) is 8.30. The lowest BCUT2D eigenvalue weighted by molar-refractivity contribution is -0.126. The fraction of sp³-hybridized carbons (Fsp3) is 0.611. The average molecular weight is 303 g/mol. The van der Waals surface area contributed by atoms with Crippen molar-refractivity contribution in [2.75, 3.05) is 13.1 Å². The molecule has 1 aliphatic rings. The van der Waals surface area contributed by atoms with Crippen molar-refractivity contribution in [2.24, 2.45) is 11.7 Å². The summed E-state index contributed by atoms with van der Waals surface area (Å²) in [5, 5.41) is 3.15. The van der Waals surface area contributed by atoms with Crippen molar-refractivity contribution >= 4 is 5.91 Å². The number of hydrogen-bond donors (Lipinski definition) is 2. The number of likely N-dealkylation sites (tertiary alicyclic amines) is 1. The van der Waals surface area contributed by atoms with E-state index in [-0.39, 0.29) is 17.9 Å². The van der Waals surface area contributed by atoms with Gasteiger partial charge in [-0.3, -0.25) is 9.69 Å². The van der Waals surface area contributed by atoms with Crippen molar-refractivity contribution in [1.82, 2.24) is 10.2 Å². The Kier molecular flexibility index (Phi) is 5.98. The lowest BCUT2D eigenvalue weighted by Crippen LogP contribution is -2.48. The van der Waals surface area contributed by atoms with E-state index in [0.29, 0.717) is 6.04 Å². The van der Waals surface area contributed by atoms with Gasteiger partial charge in [-0.15, -0.1) is 0 Å². The third kappa shape index (κ3) is 4.55. The summed E-state index contributed by atoms with van der Waals surface area (Å²) in [6.45, 7) is 9.02. The standard InChI is InChI=1S/C18H29N3O/c1-13-6-4-5-7-16(13)12-21-10-8-17(9-11-21)20-18(22)14(2)15(3)19/h4-7,14-15,17H,8-12,19H2,1-3H3,(H,20,22). The first-order chi connectivity index (χ1) is 10.5. The van der Waals surface area contributed by atoms with E-state index in [1.54, 1.807) is 0 Å². The molecule has 0 saturated carbocycles. The number of nitrogens with zero attached hydrogens (tertiary/aromatic N) is 1. The summed E-state index contributed by atoms with van der Waals surface area (Å²) < 4.78 is 0. The second-order valence-corrected chi connectivity index (χ2v) is 6.63. The lowest BCUT2D eigenvalue weighted by Gasteiger charge is -2.33. The molecule has 2 atom stereocenters. The van der Waals surface area contributed by atoms with Crippen LogP contribution >= 0.6 is 0 Å². The number of hydrogen-bond acceptors (Lipinski definition) is 3. The number of benzene rings is 1. The van der Waals surface area contributed by atoms with E-state index < -0.39 is 0 Å². The molecule has 1 aromatic carbocycles. The molecule has 1 heterocycles. The molecule has 1 amide bonds. The van der Waals surface area contributed by atoms with Crippen LogP contribution in [0.3, 0.4) is 0 Å². The van der Waals surface area contributed by atoms with Crippen LogP contribution in [0.2, 0.25) is 0 Å². The van der Waals surface area contributed by atoms with Gasteiger partial charge in [-0.05, 0) is 37.8 Å². The van der Waals surface area contributed by atoms with Crippen LogP contribution in [-0.4, -0.2) is 36.0 Å². The highest BCUT2D eigenvalue weighted by atomic mass is 16.1. The molecule has 0 radical (unpaired) electrons. The van der Waals surface area contributed by atoms with Gasteiger partial charge in [-0.1, -0.05) is 31.2 Å². The van der Waals surface area contributed by atoms with Crippen molar-refractivity contribution in [3.8, 4) is 0 Å². The topological polar surface area (TPSA) is 58.4 Å². The predicted molar refractivity (Wildman–Crippen MR) is 90.4 cm³/mol. The molecule has 1 aromatic rings. The van der Waals surface area contributed by atoms with Gasteiger partial charge in [0.1, 0.15) is 0 Å². The molecule has 122 valence electrons. The Morgan fingerprint density at radius 2 is 1.95 bits per heavy atom. The van der Waals surface area contributed by atoms with Crippen molar-refractivity contribution in [3.63, 3.8) is 0 Å². The lowest BCUT2D eigenvalue weighted by atomic mass is 10.00. The Morgan fingerprint density at radius 1 is 1.32 bits per heavy atom. The Morgan fingerprint density at radius 3 is 2.55 bits per heavy atom. The third-order valence-corrected chi connectivity index (χ3v) is 4.79. The zero-order valence-electron chi connectivity index (χ0n) is 14.0. The van der Waals surface area contributed by atoms with Crippen molar-refractivity contribution in [1.29, 1.82) is 0 Å². The van der Waals surface area contributed by atoms with Gasteiger partial charge in [0, 0.05) is 37.6 Å². The smallest absolute Gasteiger partial charge is 0.224 e. The molecule has 0 aliphatic carbocycles. The number of carbonyl (C=O) groups excluding carboxylic acids is 1. The summed E-state index contributed by atoms with van der Waals surface area (Å²) in [6, 6.07) is 8.75. The number of carbonyl (C=O) groups is 1. The molecule has 3 N–H and O–H groups in total. The molecule has 2 unspecified atom stereocenters. The summed E-state index contributed by atoms with van der Waals surface area (Å²) in [5.74, 6) is -0.0302. The molecule has 1 saturated heterocycles. The molecule has 1 aliphatic heterocycles. The zero-order chi connectivity index (χ0) is 16.1.